The largest absolute Gasteiger partial charge is 0.419 e. The van der Waals surface area contributed by atoms with Crippen LogP contribution in [-0.4, -0.2) is 15.4 Å². The Morgan fingerprint density at radius 3 is 2.70 bits per heavy atom. The molecule has 1 heterocycles. The normalized spacial score (nSPS) is 12.0. The van der Waals surface area contributed by atoms with Crippen LogP contribution in [0.4, 0.5) is 5.69 Å². The van der Waals surface area contributed by atoms with Crippen LogP contribution in [0.1, 0.15) is 31.4 Å². The van der Waals surface area contributed by atoms with Crippen LogP contribution in [0.25, 0.3) is 11.1 Å². The van der Waals surface area contributed by atoms with E-state index in [2.05, 4.69) is 5.32 Å². The van der Waals surface area contributed by atoms with E-state index in [4.69, 9.17) is 4.42 Å². The Hall–Kier alpha value is -3.42. The molecule has 1 aromatic heterocycles. The van der Waals surface area contributed by atoms with Crippen LogP contribution in [0.15, 0.2) is 57.7 Å². The second-order valence-corrected chi connectivity index (χ2v) is 6.23. The Bertz CT molecular complexity index is 1020. The molecule has 0 spiro atoms. The maximum atomic E-state index is 12.1. The average Bonchev–Trinajstić information content (AvgIpc) is 2.97. The van der Waals surface area contributed by atoms with Gasteiger partial charge in [-0.05, 0) is 25.0 Å². The molecule has 140 valence electrons. The highest BCUT2D eigenvalue weighted by atomic mass is 16.6. The van der Waals surface area contributed by atoms with E-state index in [0.29, 0.717) is 11.9 Å². The standard InChI is InChI=1S/C19H19N3O5/c1-13(14-6-3-2-4-7-14)20-18(23)8-5-11-21-16-10-9-15(22(25)26)12-17(16)27-19(21)24/h2-4,6-7,9-10,12-13H,5,8,11H2,1H3,(H,20,23). The number of nitro benzene ring substituents is 1. The number of aromatic nitrogens is 1. The molecule has 3 aromatic rings. The van der Waals surface area contributed by atoms with Gasteiger partial charge in [-0.25, -0.2) is 4.79 Å². The number of hydrogen-bond donors (Lipinski definition) is 1. The monoisotopic (exact) mass is 369 g/mol. The van der Waals surface area contributed by atoms with Gasteiger partial charge in [0.25, 0.3) is 5.69 Å². The number of rotatable bonds is 7. The van der Waals surface area contributed by atoms with Crippen LogP contribution < -0.4 is 11.1 Å². The fraction of sp³-hybridized carbons (Fsp3) is 0.263. The molecule has 0 bridgehead atoms. The molecule has 0 saturated heterocycles. The van der Waals surface area contributed by atoms with Crippen LogP contribution >= 0.6 is 0 Å². The lowest BCUT2D eigenvalue weighted by atomic mass is 10.1. The number of hydrogen-bond acceptors (Lipinski definition) is 5. The SMILES string of the molecule is CC(NC(=O)CCCn1c(=O)oc2cc([N+](=O)[O-])ccc21)c1ccccc1. The molecule has 0 aliphatic carbocycles. The molecule has 27 heavy (non-hydrogen) atoms. The molecular formula is C19H19N3O5. The van der Waals surface area contributed by atoms with Crippen molar-refractivity contribution in [2.75, 3.05) is 0 Å². The summed E-state index contributed by atoms with van der Waals surface area (Å²) in [6.45, 7) is 2.20. The fourth-order valence-electron chi connectivity index (χ4n) is 2.92. The summed E-state index contributed by atoms with van der Waals surface area (Å²) in [7, 11) is 0. The molecule has 0 aliphatic rings. The van der Waals surface area contributed by atoms with Crippen molar-refractivity contribution < 1.29 is 14.1 Å². The van der Waals surface area contributed by atoms with E-state index in [1.807, 2.05) is 37.3 Å². The van der Waals surface area contributed by atoms with Gasteiger partial charge in [-0.3, -0.25) is 19.5 Å². The van der Waals surface area contributed by atoms with Crippen LogP contribution in [-0.2, 0) is 11.3 Å². The number of carbonyl (C=O) groups is 1. The first-order chi connectivity index (χ1) is 13.0. The van der Waals surface area contributed by atoms with Crippen LogP contribution in [0.5, 0.6) is 0 Å². The third-order valence-electron chi connectivity index (χ3n) is 4.33. The molecule has 0 saturated carbocycles. The number of nitrogens with one attached hydrogen (secondary N) is 1. The van der Waals surface area contributed by atoms with Crippen molar-refractivity contribution in [2.45, 2.75) is 32.4 Å². The van der Waals surface area contributed by atoms with Gasteiger partial charge < -0.3 is 9.73 Å². The number of oxazole rings is 1. The van der Waals surface area contributed by atoms with E-state index in [1.165, 1.54) is 22.8 Å². The first kappa shape index (κ1) is 18.4. The molecule has 1 unspecified atom stereocenters. The topological polar surface area (TPSA) is 107 Å². The predicted octanol–water partition coefficient (Wildman–Crippen LogP) is 3.16. The van der Waals surface area contributed by atoms with Crippen molar-refractivity contribution in [2.24, 2.45) is 0 Å². The van der Waals surface area contributed by atoms with Gasteiger partial charge in [0.05, 0.1) is 22.5 Å². The minimum Gasteiger partial charge on any atom is -0.407 e. The Kier molecular flexibility index (Phi) is 5.35. The van der Waals surface area contributed by atoms with Gasteiger partial charge in [0.2, 0.25) is 5.91 Å². The lowest BCUT2D eigenvalue weighted by Crippen LogP contribution is -2.27. The highest BCUT2D eigenvalue weighted by molar-refractivity contribution is 5.77. The van der Waals surface area contributed by atoms with Crippen LogP contribution in [0.3, 0.4) is 0 Å². The average molecular weight is 369 g/mol. The summed E-state index contributed by atoms with van der Waals surface area (Å²) in [4.78, 5) is 34.4. The molecule has 1 atom stereocenters. The summed E-state index contributed by atoms with van der Waals surface area (Å²) in [5.41, 5.74) is 1.52. The van der Waals surface area contributed by atoms with Crippen molar-refractivity contribution >= 4 is 22.7 Å². The molecule has 1 amide bonds. The third kappa shape index (κ3) is 4.22. The molecule has 1 N–H and O–H groups in total. The predicted molar refractivity (Wildman–Crippen MR) is 99.4 cm³/mol. The van der Waals surface area contributed by atoms with Crippen molar-refractivity contribution in [1.82, 2.24) is 9.88 Å². The number of benzene rings is 2. The maximum Gasteiger partial charge on any atom is 0.419 e. The van der Waals surface area contributed by atoms with Crippen molar-refractivity contribution in [3.63, 3.8) is 0 Å². The number of amides is 1. The van der Waals surface area contributed by atoms with Gasteiger partial charge in [0.1, 0.15) is 0 Å². The minimum atomic E-state index is -0.594. The quantitative estimate of drug-likeness (QED) is 0.508. The second kappa shape index (κ2) is 7.86. The van der Waals surface area contributed by atoms with Gasteiger partial charge in [-0.1, -0.05) is 30.3 Å². The van der Waals surface area contributed by atoms with E-state index in [9.17, 15) is 19.7 Å². The number of nitrogens with zero attached hydrogens (tertiary/aromatic N) is 2. The Labute approximate surface area is 154 Å². The van der Waals surface area contributed by atoms with E-state index in [-0.39, 0.29) is 36.2 Å². The highest BCUT2D eigenvalue weighted by Crippen LogP contribution is 2.20. The zero-order valence-electron chi connectivity index (χ0n) is 14.8. The highest BCUT2D eigenvalue weighted by Gasteiger charge is 2.15. The lowest BCUT2D eigenvalue weighted by molar-refractivity contribution is -0.384. The summed E-state index contributed by atoms with van der Waals surface area (Å²) in [5, 5.41) is 13.7. The Morgan fingerprint density at radius 1 is 1.26 bits per heavy atom. The number of nitro groups is 1. The minimum absolute atomic E-state index is 0.100. The Balaban J connectivity index is 1.60. The van der Waals surface area contributed by atoms with Gasteiger partial charge in [-0.15, -0.1) is 0 Å². The molecule has 2 aromatic carbocycles. The van der Waals surface area contributed by atoms with E-state index in [0.717, 1.165) is 5.56 Å². The Morgan fingerprint density at radius 2 is 2.00 bits per heavy atom. The molecule has 8 heteroatoms. The number of fused-ring (bicyclic) bond motifs is 1. The molecule has 0 radical (unpaired) electrons. The summed E-state index contributed by atoms with van der Waals surface area (Å²) in [6, 6.07) is 13.6. The second-order valence-electron chi connectivity index (χ2n) is 6.23. The lowest BCUT2D eigenvalue weighted by Gasteiger charge is -2.14. The van der Waals surface area contributed by atoms with E-state index >= 15 is 0 Å². The summed E-state index contributed by atoms with van der Waals surface area (Å²) >= 11 is 0. The smallest absolute Gasteiger partial charge is 0.407 e. The number of carbonyl (C=O) groups excluding carboxylic acids is 1. The maximum absolute atomic E-state index is 12.1. The molecule has 8 nitrogen and oxygen atoms in total. The van der Waals surface area contributed by atoms with Crippen LogP contribution in [0.2, 0.25) is 0 Å². The van der Waals surface area contributed by atoms with Crippen molar-refractivity contribution in [3.05, 3.63) is 74.8 Å². The first-order valence-corrected chi connectivity index (χ1v) is 8.58. The van der Waals surface area contributed by atoms with Crippen molar-refractivity contribution in [1.29, 1.82) is 0 Å². The van der Waals surface area contributed by atoms with Gasteiger partial charge >= 0.3 is 5.76 Å². The first-order valence-electron chi connectivity index (χ1n) is 8.58. The van der Waals surface area contributed by atoms with Gasteiger partial charge in [-0.2, -0.15) is 0 Å². The zero-order chi connectivity index (χ0) is 19.4. The van der Waals surface area contributed by atoms with Gasteiger partial charge in [0, 0.05) is 19.0 Å². The summed E-state index contributed by atoms with van der Waals surface area (Å²) in [5.74, 6) is -0.702. The molecule has 3 rings (SSSR count). The van der Waals surface area contributed by atoms with E-state index < -0.39 is 10.7 Å². The summed E-state index contributed by atoms with van der Waals surface area (Å²) < 4.78 is 6.45. The summed E-state index contributed by atoms with van der Waals surface area (Å²) in [6.07, 6.45) is 0.697. The number of non-ortho nitro benzene ring substituents is 1. The molecule has 0 aliphatic heterocycles. The molecular weight excluding hydrogens is 350 g/mol. The third-order valence-corrected chi connectivity index (χ3v) is 4.33. The van der Waals surface area contributed by atoms with Crippen molar-refractivity contribution in [3.8, 4) is 0 Å². The van der Waals surface area contributed by atoms with Crippen LogP contribution in [0, 0.1) is 10.1 Å². The van der Waals surface area contributed by atoms with E-state index in [1.54, 1.807) is 0 Å². The van der Waals surface area contributed by atoms with Gasteiger partial charge in [0.15, 0.2) is 5.58 Å². The zero-order valence-corrected chi connectivity index (χ0v) is 14.8. The fourth-order valence-corrected chi connectivity index (χ4v) is 2.92. The number of aryl methyl sites for hydroxylation is 1. The molecule has 0 fully saturated rings.